The Morgan fingerprint density at radius 1 is 0.884 bits per heavy atom. The van der Waals surface area contributed by atoms with Gasteiger partial charge in [-0.05, 0) is 46.5 Å². The zero-order valence-corrected chi connectivity index (χ0v) is 24.7. The SMILES string of the molecule is CC(=O)N1C(=O)C2(c3ccc(Cl)cc31)C(c1ccccc1)CC(O)=C(C(=O)OCc1ccccc1)C2c1cccc(Cl)c1. The second-order valence-corrected chi connectivity index (χ2v) is 11.6. The predicted octanol–water partition coefficient (Wildman–Crippen LogP) is 7.65. The van der Waals surface area contributed by atoms with Crippen molar-refractivity contribution >= 4 is 46.7 Å². The molecule has 8 heteroatoms. The van der Waals surface area contributed by atoms with E-state index in [0.29, 0.717) is 26.9 Å². The maximum absolute atomic E-state index is 15.0. The minimum atomic E-state index is -1.54. The summed E-state index contributed by atoms with van der Waals surface area (Å²) in [6, 6.07) is 30.4. The van der Waals surface area contributed by atoms with Crippen molar-refractivity contribution in [2.75, 3.05) is 4.90 Å². The van der Waals surface area contributed by atoms with Gasteiger partial charge in [0.2, 0.25) is 11.8 Å². The highest BCUT2D eigenvalue weighted by molar-refractivity contribution is 6.32. The van der Waals surface area contributed by atoms with Gasteiger partial charge in [-0.3, -0.25) is 9.59 Å². The molecule has 3 unspecified atom stereocenters. The third kappa shape index (κ3) is 4.81. The molecule has 0 radical (unpaired) electrons. The highest BCUT2D eigenvalue weighted by Crippen LogP contribution is 2.63. The van der Waals surface area contributed by atoms with Gasteiger partial charge in [-0.25, -0.2) is 9.69 Å². The number of halogens is 2. The van der Waals surface area contributed by atoms with E-state index < -0.39 is 35.0 Å². The van der Waals surface area contributed by atoms with E-state index in [2.05, 4.69) is 0 Å². The van der Waals surface area contributed by atoms with Crippen LogP contribution in [0.3, 0.4) is 0 Å². The number of allylic oxidation sites excluding steroid dienone is 1. The van der Waals surface area contributed by atoms with Gasteiger partial charge < -0.3 is 9.84 Å². The van der Waals surface area contributed by atoms with E-state index in [1.54, 1.807) is 42.5 Å². The number of aliphatic hydroxyl groups is 1. The van der Waals surface area contributed by atoms with Gasteiger partial charge in [-0.2, -0.15) is 0 Å². The molecule has 216 valence electrons. The molecule has 0 aromatic heterocycles. The van der Waals surface area contributed by atoms with E-state index in [9.17, 15) is 19.5 Å². The summed E-state index contributed by atoms with van der Waals surface area (Å²) in [5.41, 5.74) is 1.33. The molecule has 2 aliphatic rings. The van der Waals surface area contributed by atoms with Gasteiger partial charge in [-0.1, -0.05) is 102 Å². The molecule has 6 nitrogen and oxygen atoms in total. The van der Waals surface area contributed by atoms with Crippen molar-refractivity contribution in [3.63, 3.8) is 0 Å². The zero-order chi connectivity index (χ0) is 30.3. The van der Waals surface area contributed by atoms with Crippen molar-refractivity contribution in [1.82, 2.24) is 0 Å². The molecule has 0 saturated heterocycles. The lowest BCUT2D eigenvalue weighted by Crippen LogP contribution is -2.53. The Labute approximate surface area is 259 Å². The Morgan fingerprint density at radius 3 is 2.21 bits per heavy atom. The summed E-state index contributed by atoms with van der Waals surface area (Å²) in [4.78, 5) is 43.3. The van der Waals surface area contributed by atoms with Crippen molar-refractivity contribution in [1.29, 1.82) is 0 Å². The molecule has 43 heavy (non-hydrogen) atoms. The van der Waals surface area contributed by atoms with E-state index in [-0.39, 0.29) is 24.4 Å². The molecule has 3 atom stereocenters. The summed E-state index contributed by atoms with van der Waals surface area (Å²) in [7, 11) is 0. The van der Waals surface area contributed by atoms with Crippen molar-refractivity contribution in [3.8, 4) is 0 Å². The van der Waals surface area contributed by atoms with E-state index >= 15 is 0 Å². The molecule has 1 heterocycles. The van der Waals surface area contributed by atoms with E-state index in [0.717, 1.165) is 16.0 Å². The molecule has 0 saturated carbocycles. The zero-order valence-electron chi connectivity index (χ0n) is 23.2. The lowest BCUT2D eigenvalue weighted by Gasteiger charge is -2.47. The van der Waals surface area contributed by atoms with E-state index in [1.807, 2.05) is 60.7 Å². The first-order chi connectivity index (χ1) is 20.7. The van der Waals surface area contributed by atoms with Crippen LogP contribution in [0.2, 0.25) is 10.0 Å². The van der Waals surface area contributed by atoms with Gasteiger partial charge in [0.05, 0.1) is 16.7 Å². The lowest BCUT2D eigenvalue weighted by molar-refractivity contribution is -0.141. The van der Waals surface area contributed by atoms with Crippen LogP contribution in [0.4, 0.5) is 5.69 Å². The van der Waals surface area contributed by atoms with Crippen LogP contribution < -0.4 is 4.90 Å². The number of nitrogens with zero attached hydrogens (tertiary/aromatic N) is 1. The highest BCUT2D eigenvalue weighted by atomic mass is 35.5. The minimum Gasteiger partial charge on any atom is -0.512 e. The summed E-state index contributed by atoms with van der Waals surface area (Å²) < 4.78 is 5.78. The van der Waals surface area contributed by atoms with Gasteiger partial charge in [0.25, 0.3) is 0 Å². The van der Waals surface area contributed by atoms with Crippen LogP contribution in [0.1, 0.15) is 47.4 Å². The van der Waals surface area contributed by atoms with Gasteiger partial charge >= 0.3 is 5.97 Å². The number of amides is 2. The van der Waals surface area contributed by atoms with Crippen molar-refractivity contribution < 1.29 is 24.2 Å². The number of anilines is 1. The Bertz CT molecular complexity index is 1770. The Morgan fingerprint density at radius 2 is 1.53 bits per heavy atom. The molecular weight excluding hydrogens is 585 g/mol. The van der Waals surface area contributed by atoms with E-state index in [1.165, 1.54) is 6.92 Å². The van der Waals surface area contributed by atoms with Crippen molar-refractivity contribution in [3.05, 3.63) is 147 Å². The third-order valence-electron chi connectivity index (χ3n) is 8.34. The normalized spacial score (nSPS) is 21.2. The summed E-state index contributed by atoms with van der Waals surface area (Å²) in [6.07, 6.45) is -0.0452. The quantitative estimate of drug-likeness (QED) is 0.234. The number of aliphatic hydroxyl groups excluding tert-OH is 1. The number of benzene rings is 4. The van der Waals surface area contributed by atoms with Gasteiger partial charge in [0.15, 0.2) is 0 Å². The smallest absolute Gasteiger partial charge is 0.338 e. The predicted molar refractivity (Wildman–Crippen MR) is 165 cm³/mol. The summed E-state index contributed by atoms with van der Waals surface area (Å²) in [6.45, 7) is 1.28. The molecule has 1 spiro atoms. The first-order valence-electron chi connectivity index (χ1n) is 13.8. The van der Waals surface area contributed by atoms with Crippen LogP contribution in [0.15, 0.2) is 114 Å². The number of fused-ring (bicyclic) bond motifs is 2. The molecule has 2 amide bonds. The minimum absolute atomic E-state index is 0.0342. The van der Waals surface area contributed by atoms with Crippen molar-refractivity contribution in [2.45, 2.75) is 37.2 Å². The number of imide groups is 1. The molecule has 4 aromatic rings. The monoisotopic (exact) mass is 611 g/mol. The topological polar surface area (TPSA) is 83.9 Å². The lowest BCUT2D eigenvalue weighted by atomic mass is 9.53. The van der Waals surface area contributed by atoms with Crippen LogP contribution >= 0.6 is 23.2 Å². The largest absolute Gasteiger partial charge is 0.512 e. The number of carbonyl (C=O) groups is 3. The average Bonchev–Trinajstić information content (AvgIpc) is 3.25. The van der Waals surface area contributed by atoms with Gasteiger partial charge in [0, 0.05) is 35.2 Å². The molecular formula is C35H27Cl2NO5. The fourth-order valence-corrected chi connectivity index (χ4v) is 7.02. The van der Waals surface area contributed by atoms with E-state index in [4.69, 9.17) is 27.9 Å². The molecule has 0 bridgehead atoms. The number of rotatable bonds is 5. The van der Waals surface area contributed by atoms with Crippen molar-refractivity contribution in [2.24, 2.45) is 0 Å². The first-order valence-corrected chi connectivity index (χ1v) is 14.6. The maximum atomic E-state index is 15.0. The Kier molecular flexibility index (Phi) is 7.59. The van der Waals surface area contributed by atoms with Gasteiger partial charge in [-0.15, -0.1) is 0 Å². The number of esters is 1. The fraction of sp³-hybridized carbons (Fsp3) is 0.171. The Balaban J connectivity index is 1.64. The summed E-state index contributed by atoms with van der Waals surface area (Å²) in [5.74, 6) is -3.69. The summed E-state index contributed by atoms with van der Waals surface area (Å²) in [5, 5.41) is 12.4. The van der Waals surface area contributed by atoms with Crippen LogP contribution in [-0.4, -0.2) is 22.9 Å². The first kappa shape index (κ1) is 28.7. The number of hydrogen-bond donors (Lipinski definition) is 1. The fourth-order valence-electron chi connectivity index (χ4n) is 6.66. The number of ether oxygens (including phenoxy) is 1. The second kappa shape index (κ2) is 11.4. The van der Waals surface area contributed by atoms with Crippen LogP contribution in [0, 0.1) is 0 Å². The molecule has 1 aliphatic heterocycles. The van der Waals surface area contributed by atoms with Crippen LogP contribution in [0.25, 0.3) is 0 Å². The molecule has 4 aromatic carbocycles. The summed E-state index contributed by atoms with van der Waals surface area (Å²) >= 11 is 12.9. The molecule has 1 N–H and O–H groups in total. The van der Waals surface area contributed by atoms with Gasteiger partial charge in [0.1, 0.15) is 12.4 Å². The number of hydrogen-bond acceptors (Lipinski definition) is 5. The molecule has 0 fully saturated rings. The average molecular weight is 613 g/mol. The Hall–Kier alpha value is -4.39. The van der Waals surface area contributed by atoms with Crippen LogP contribution in [-0.2, 0) is 31.1 Å². The standard InChI is InChI=1S/C35H27Cl2NO5/c1-21(39)38-29-18-26(37)15-16-27(29)35(34(38)42)28(23-11-6-3-7-12-23)19-30(40)31(32(35)24-13-8-14-25(36)17-24)33(41)43-20-22-9-4-2-5-10-22/h2-18,28,32,40H,19-20H2,1H3. The number of carbonyl (C=O) groups excluding carboxylic acids is 3. The molecule has 6 rings (SSSR count). The second-order valence-electron chi connectivity index (χ2n) is 10.8. The molecule has 1 aliphatic carbocycles. The maximum Gasteiger partial charge on any atom is 0.338 e. The third-order valence-corrected chi connectivity index (χ3v) is 8.81. The highest BCUT2D eigenvalue weighted by Gasteiger charge is 2.65. The van der Waals surface area contributed by atoms with Crippen LogP contribution in [0.5, 0.6) is 0 Å².